The van der Waals surface area contributed by atoms with Crippen molar-refractivity contribution in [3.05, 3.63) is 24.3 Å². The fourth-order valence-corrected chi connectivity index (χ4v) is 3.70. The van der Waals surface area contributed by atoms with E-state index in [1.54, 1.807) is 6.92 Å². The van der Waals surface area contributed by atoms with Gasteiger partial charge in [-0.25, -0.2) is 13.9 Å². The number of benzene rings is 1. The van der Waals surface area contributed by atoms with Crippen molar-refractivity contribution in [2.24, 2.45) is 5.73 Å². The third kappa shape index (κ3) is 6.10. The van der Waals surface area contributed by atoms with Gasteiger partial charge in [-0.3, -0.25) is 14.8 Å². The summed E-state index contributed by atoms with van der Waals surface area (Å²) in [6.45, 7) is 1.84. The van der Waals surface area contributed by atoms with Gasteiger partial charge >= 0.3 is 0 Å². The summed E-state index contributed by atoms with van der Waals surface area (Å²) in [6, 6.07) is 5.49. The molecule has 2 amide bonds. The van der Waals surface area contributed by atoms with E-state index in [4.69, 9.17) is 15.7 Å². The number of amides is 2. The number of carbonyl (C=O) groups is 2. The van der Waals surface area contributed by atoms with Crippen molar-refractivity contribution < 1.29 is 28.0 Å². The first-order valence-corrected chi connectivity index (χ1v) is 8.96. The van der Waals surface area contributed by atoms with E-state index in [2.05, 4.69) is 11.8 Å². The molecule has 9 heteroatoms. The Kier molecular flexibility index (Phi) is 7.91. The van der Waals surface area contributed by atoms with Gasteiger partial charge < -0.3 is 10.5 Å². The standard InChI is InChI=1S/C16H20N2O6S/c1-2-3-11-24-12-7-9-13(10-8-12)25(22,23)14(16(20)18-21)5-4-6-15(17)19/h7-10,14,21H,4-6,11H2,1H3,(H2,17,19)(H,18,20). The lowest BCUT2D eigenvalue weighted by Gasteiger charge is -2.16. The van der Waals surface area contributed by atoms with Gasteiger partial charge in [0.2, 0.25) is 5.91 Å². The van der Waals surface area contributed by atoms with Crippen molar-refractivity contribution in [1.29, 1.82) is 0 Å². The van der Waals surface area contributed by atoms with E-state index in [1.165, 1.54) is 29.7 Å². The Bertz CT molecular complexity index is 762. The Hall–Kier alpha value is -2.57. The van der Waals surface area contributed by atoms with Gasteiger partial charge in [0.1, 0.15) is 17.6 Å². The molecule has 0 bridgehead atoms. The summed E-state index contributed by atoms with van der Waals surface area (Å²) in [5.41, 5.74) is 6.36. The van der Waals surface area contributed by atoms with Gasteiger partial charge in [-0.15, -0.1) is 5.92 Å². The van der Waals surface area contributed by atoms with Crippen molar-refractivity contribution >= 4 is 21.7 Å². The summed E-state index contributed by atoms with van der Waals surface area (Å²) in [6.07, 6.45) is -0.110. The molecule has 25 heavy (non-hydrogen) atoms. The van der Waals surface area contributed by atoms with Crippen LogP contribution < -0.4 is 16.0 Å². The van der Waals surface area contributed by atoms with Crippen LogP contribution >= 0.6 is 0 Å². The van der Waals surface area contributed by atoms with Crippen molar-refractivity contribution in [3.63, 3.8) is 0 Å². The minimum atomic E-state index is -4.06. The minimum absolute atomic E-state index is 0.0596. The maximum Gasteiger partial charge on any atom is 0.262 e. The van der Waals surface area contributed by atoms with E-state index in [0.717, 1.165) is 0 Å². The molecular formula is C16H20N2O6S. The third-order valence-electron chi connectivity index (χ3n) is 3.31. The molecule has 0 spiro atoms. The number of hydrogen-bond donors (Lipinski definition) is 3. The van der Waals surface area contributed by atoms with Crippen molar-refractivity contribution in [1.82, 2.24) is 5.48 Å². The largest absolute Gasteiger partial charge is 0.481 e. The first kappa shape index (κ1) is 20.5. The van der Waals surface area contributed by atoms with Gasteiger partial charge in [-0.2, -0.15) is 0 Å². The highest BCUT2D eigenvalue weighted by atomic mass is 32.2. The number of hydroxylamine groups is 1. The number of hydrogen-bond acceptors (Lipinski definition) is 6. The molecule has 0 saturated heterocycles. The molecule has 8 nitrogen and oxygen atoms in total. The van der Waals surface area contributed by atoms with Gasteiger partial charge in [0.15, 0.2) is 9.84 Å². The van der Waals surface area contributed by atoms with Crippen LogP contribution in [0.25, 0.3) is 0 Å². The fraction of sp³-hybridized carbons (Fsp3) is 0.375. The lowest BCUT2D eigenvalue weighted by atomic mass is 10.2. The van der Waals surface area contributed by atoms with E-state index < -0.39 is 26.9 Å². The Morgan fingerprint density at radius 3 is 2.48 bits per heavy atom. The fourth-order valence-electron chi connectivity index (χ4n) is 2.04. The summed E-state index contributed by atoms with van der Waals surface area (Å²) in [4.78, 5) is 22.4. The smallest absolute Gasteiger partial charge is 0.262 e. The molecule has 1 aromatic rings. The summed E-state index contributed by atoms with van der Waals surface area (Å²) < 4.78 is 30.6. The normalized spacial score (nSPS) is 11.8. The van der Waals surface area contributed by atoms with Crippen LogP contribution in [-0.4, -0.2) is 37.3 Å². The van der Waals surface area contributed by atoms with Crippen molar-refractivity contribution in [2.45, 2.75) is 36.3 Å². The van der Waals surface area contributed by atoms with Crippen LogP contribution in [-0.2, 0) is 19.4 Å². The number of sulfone groups is 1. The zero-order chi connectivity index (χ0) is 18.9. The van der Waals surface area contributed by atoms with Gasteiger partial charge in [0.25, 0.3) is 5.91 Å². The molecule has 0 aromatic heterocycles. The lowest BCUT2D eigenvalue weighted by molar-refractivity contribution is -0.129. The third-order valence-corrected chi connectivity index (χ3v) is 5.43. The monoisotopic (exact) mass is 368 g/mol. The second kappa shape index (κ2) is 9.66. The summed E-state index contributed by atoms with van der Waals surface area (Å²) in [5, 5.41) is 7.27. The van der Waals surface area contributed by atoms with Crippen LogP contribution in [0.4, 0.5) is 0 Å². The maximum atomic E-state index is 12.6. The second-order valence-electron chi connectivity index (χ2n) is 5.06. The molecule has 136 valence electrons. The van der Waals surface area contributed by atoms with E-state index in [1.807, 2.05) is 0 Å². The Labute approximate surface area is 146 Å². The van der Waals surface area contributed by atoms with Gasteiger partial charge in [-0.1, -0.05) is 5.92 Å². The van der Waals surface area contributed by atoms with Crippen LogP contribution in [0.2, 0.25) is 0 Å². The first-order valence-electron chi connectivity index (χ1n) is 7.41. The topological polar surface area (TPSA) is 136 Å². The number of carbonyl (C=O) groups excluding carboxylic acids is 2. The summed E-state index contributed by atoms with van der Waals surface area (Å²) in [7, 11) is -4.06. The predicted octanol–water partition coefficient (Wildman–Crippen LogP) is 0.392. The van der Waals surface area contributed by atoms with Crippen LogP contribution in [0.15, 0.2) is 29.2 Å². The molecule has 4 N–H and O–H groups in total. The highest BCUT2D eigenvalue weighted by molar-refractivity contribution is 7.92. The van der Waals surface area contributed by atoms with Crippen LogP contribution in [0, 0.1) is 11.8 Å². The molecule has 1 aromatic carbocycles. The molecule has 0 radical (unpaired) electrons. The zero-order valence-corrected chi connectivity index (χ0v) is 14.5. The number of ether oxygens (including phenoxy) is 1. The van der Waals surface area contributed by atoms with Gasteiger partial charge in [-0.05, 0) is 44.0 Å². The second-order valence-corrected chi connectivity index (χ2v) is 7.19. The maximum absolute atomic E-state index is 12.6. The summed E-state index contributed by atoms with van der Waals surface area (Å²) >= 11 is 0. The van der Waals surface area contributed by atoms with Crippen LogP contribution in [0.5, 0.6) is 5.75 Å². The van der Waals surface area contributed by atoms with Crippen molar-refractivity contribution in [2.75, 3.05) is 6.61 Å². The van der Waals surface area contributed by atoms with Crippen LogP contribution in [0.3, 0.4) is 0 Å². The molecule has 0 aliphatic heterocycles. The molecule has 1 atom stereocenters. The average Bonchev–Trinajstić information content (AvgIpc) is 2.58. The van der Waals surface area contributed by atoms with Gasteiger partial charge in [0.05, 0.1) is 4.90 Å². The molecule has 1 unspecified atom stereocenters. The van der Waals surface area contributed by atoms with E-state index in [9.17, 15) is 18.0 Å². The minimum Gasteiger partial charge on any atom is -0.481 e. The Balaban J connectivity index is 2.97. The molecule has 1 rings (SSSR count). The predicted molar refractivity (Wildman–Crippen MR) is 89.3 cm³/mol. The lowest BCUT2D eigenvalue weighted by Crippen LogP contribution is -2.38. The highest BCUT2D eigenvalue weighted by Crippen LogP contribution is 2.23. The number of nitrogens with two attached hydrogens (primary N) is 1. The SMILES string of the molecule is CC#CCOc1ccc(S(=O)(=O)C(CCCC(N)=O)C(=O)NO)cc1. The zero-order valence-electron chi connectivity index (χ0n) is 13.7. The molecule has 0 saturated carbocycles. The Morgan fingerprint density at radius 1 is 1.32 bits per heavy atom. The summed E-state index contributed by atoms with van der Waals surface area (Å²) in [5.74, 6) is 4.13. The molecule has 0 heterocycles. The highest BCUT2D eigenvalue weighted by Gasteiger charge is 2.33. The van der Waals surface area contributed by atoms with Crippen molar-refractivity contribution in [3.8, 4) is 17.6 Å². The first-order chi connectivity index (χ1) is 11.8. The molecule has 0 aliphatic rings. The van der Waals surface area contributed by atoms with E-state index >= 15 is 0 Å². The quantitative estimate of drug-likeness (QED) is 0.328. The van der Waals surface area contributed by atoms with E-state index in [-0.39, 0.29) is 30.8 Å². The van der Waals surface area contributed by atoms with Crippen LogP contribution in [0.1, 0.15) is 26.2 Å². The molecule has 0 fully saturated rings. The van der Waals surface area contributed by atoms with Gasteiger partial charge in [0, 0.05) is 6.42 Å². The Morgan fingerprint density at radius 2 is 1.96 bits per heavy atom. The molecule has 0 aliphatic carbocycles. The number of primary amides is 1. The molecular weight excluding hydrogens is 348 g/mol. The number of rotatable bonds is 9. The average molecular weight is 368 g/mol. The number of nitrogens with one attached hydrogen (secondary N) is 1. The van der Waals surface area contributed by atoms with E-state index in [0.29, 0.717) is 5.75 Å².